The van der Waals surface area contributed by atoms with E-state index in [0.29, 0.717) is 48.7 Å². The Labute approximate surface area is 346 Å². The van der Waals surface area contributed by atoms with Gasteiger partial charge in [0.2, 0.25) is 0 Å². The van der Waals surface area contributed by atoms with Gasteiger partial charge < -0.3 is 27.5 Å². The maximum atomic E-state index is 6.88. The van der Waals surface area contributed by atoms with Crippen LogP contribution in [0.3, 0.4) is 0 Å². The Morgan fingerprint density at radius 3 is 1.69 bits per heavy atom. The Morgan fingerprint density at radius 2 is 1.08 bits per heavy atom. The Bertz CT molecular complexity index is 2650. The van der Waals surface area contributed by atoms with Gasteiger partial charge >= 0.3 is 8.80 Å². The molecule has 59 heavy (non-hydrogen) atoms. The molecule has 2 aliphatic heterocycles. The van der Waals surface area contributed by atoms with Crippen molar-refractivity contribution in [1.29, 1.82) is 0 Å². The normalized spacial score (nSPS) is 16.9. The molecule has 1 fully saturated rings. The number of ether oxygens (including phenoxy) is 3. The number of hydrogen-bond donors (Lipinski definition) is 0. The minimum Gasteiger partial charge on any atom is -0.493 e. The molecule has 10 rings (SSSR count). The first-order valence-corrected chi connectivity index (χ1v) is 23.9. The van der Waals surface area contributed by atoms with Crippen LogP contribution in [0.2, 0.25) is 6.04 Å². The zero-order valence-electron chi connectivity index (χ0n) is 32.8. The Hall–Kier alpha value is -5.95. The van der Waals surface area contributed by atoms with E-state index in [1.807, 2.05) is 24.3 Å². The monoisotopic (exact) mass is 811 g/mol. The number of hydrogen-bond acceptors (Lipinski definition) is 6. The third kappa shape index (κ3) is 7.36. The molecule has 0 saturated carbocycles. The van der Waals surface area contributed by atoms with Gasteiger partial charge in [-0.1, -0.05) is 103 Å². The van der Waals surface area contributed by atoms with Crippen molar-refractivity contribution in [2.24, 2.45) is 0 Å². The lowest BCUT2D eigenvalue weighted by molar-refractivity contribution is 0.115. The smallest absolute Gasteiger partial charge is 0.493 e. The fourth-order valence-electron chi connectivity index (χ4n) is 8.26. The molecule has 0 aromatic heterocycles. The summed E-state index contributed by atoms with van der Waals surface area (Å²) < 4.78 is 37.7. The van der Waals surface area contributed by atoms with E-state index in [1.165, 1.54) is 21.2 Å². The van der Waals surface area contributed by atoms with E-state index in [4.69, 9.17) is 27.5 Å². The van der Waals surface area contributed by atoms with E-state index >= 15 is 0 Å². The third-order valence-corrected chi connectivity index (χ3v) is 18.0. The lowest BCUT2D eigenvalue weighted by Gasteiger charge is -2.28. The molecule has 0 radical (unpaired) electrons. The molecule has 0 N–H and O–H groups in total. The highest BCUT2D eigenvalue weighted by Crippen LogP contribution is 2.54. The summed E-state index contributed by atoms with van der Waals surface area (Å²) >= 11 is 0. The highest BCUT2D eigenvalue weighted by molar-refractivity contribution is 8.01. The molecule has 2 unspecified atom stereocenters. The molecular weight excluding hydrogens is 768 g/mol. The van der Waals surface area contributed by atoms with Crippen LogP contribution in [-0.4, -0.2) is 41.8 Å². The lowest BCUT2D eigenvalue weighted by Crippen LogP contribution is -2.51. The topological polar surface area (TPSA) is 58.7 Å². The van der Waals surface area contributed by atoms with Gasteiger partial charge in [-0.25, -0.2) is 0 Å². The van der Waals surface area contributed by atoms with Crippen LogP contribution in [0.5, 0.6) is 23.0 Å². The predicted molar refractivity (Wildman–Crippen MR) is 242 cm³/mol. The van der Waals surface area contributed by atoms with Crippen molar-refractivity contribution in [2.75, 3.05) is 26.9 Å². The number of rotatable bonds is 14. The number of fused-ring (bicyclic) bond motifs is 3. The van der Waals surface area contributed by atoms with Gasteiger partial charge in [0.05, 0.1) is 26.4 Å². The maximum absolute atomic E-state index is 6.88. The summed E-state index contributed by atoms with van der Waals surface area (Å²) in [6, 6.07) is 65.7. The first-order valence-electron chi connectivity index (χ1n) is 20.2. The van der Waals surface area contributed by atoms with Crippen molar-refractivity contribution in [3.8, 4) is 34.1 Å². The summed E-state index contributed by atoms with van der Waals surface area (Å²) in [5.74, 6) is 2.61. The Balaban J connectivity index is 1.01. The molecule has 292 valence electrons. The van der Waals surface area contributed by atoms with Crippen LogP contribution in [0.4, 0.5) is 0 Å². The fraction of sp³-hybridized carbons (Fsp3) is 0.137. The average Bonchev–Trinajstić information content (AvgIpc) is 4.05. The van der Waals surface area contributed by atoms with Gasteiger partial charge in [-0.05, 0) is 118 Å². The quantitative estimate of drug-likeness (QED) is 0.0472. The van der Waals surface area contributed by atoms with Crippen molar-refractivity contribution < 1.29 is 27.5 Å². The zero-order valence-corrected chi connectivity index (χ0v) is 34.7. The molecule has 8 aromatic carbocycles. The van der Waals surface area contributed by atoms with Gasteiger partial charge in [-0.2, -0.15) is 0 Å². The van der Waals surface area contributed by atoms with Gasteiger partial charge in [0, 0.05) is 6.61 Å². The molecule has 2 aliphatic rings. The Morgan fingerprint density at radius 1 is 0.542 bits per heavy atom. The molecule has 0 aliphatic carbocycles. The van der Waals surface area contributed by atoms with Crippen LogP contribution in [0, 0.1) is 0 Å². The van der Waals surface area contributed by atoms with Crippen LogP contribution in [-0.2, 0) is 9.47 Å². The van der Waals surface area contributed by atoms with E-state index < -0.39 is 16.1 Å². The van der Waals surface area contributed by atoms with Gasteiger partial charge in [-0.15, -0.1) is 0 Å². The standard InChI is InChI=1S/C51H44O6PSi/c1-52-48-31-38-15-11-12-16-39(38)32-49(48)55-59(28-14-27-53-35-43-36-54-43)56-50-33-41-26-25-40(29-42(41)34-51(50)57-59)37-17-13-24-47(30-37)58(44-18-5-2-6-19-44,45-20-7-3-8-21-45)46-22-9-4-10-23-46/h2-13,15-26,29-34,43H,14,27-28,35-36H2,1H3/q+1. The molecule has 8 heteroatoms. The van der Waals surface area contributed by atoms with Crippen LogP contribution in [0.15, 0.2) is 182 Å². The van der Waals surface area contributed by atoms with Crippen molar-refractivity contribution >= 4 is 58.8 Å². The van der Waals surface area contributed by atoms with Crippen molar-refractivity contribution in [3.05, 3.63) is 182 Å². The zero-order chi connectivity index (χ0) is 39.7. The average molecular weight is 812 g/mol. The van der Waals surface area contributed by atoms with E-state index in [2.05, 4.69) is 158 Å². The summed E-state index contributed by atoms with van der Waals surface area (Å²) in [5.41, 5.74) is 2.28. The number of benzene rings is 8. The van der Waals surface area contributed by atoms with Crippen LogP contribution in [0.1, 0.15) is 6.42 Å². The largest absolute Gasteiger partial charge is 0.699 e. The first kappa shape index (κ1) is 37.3. The lowest BCUT2D eigenvalue weighted by atomic mass is 10.0. The Kier molecular flexibility index (Phi) is 10.1. The summed E-state index contributed by atoms with van der Waals surface area (Å²) in [7, 11) is -3.96. The summed E-state index contributed by atoms with van der Waals surface area (Å²) in [6.07, 6.45) is 0.921. The van der Waals surface area contributed by atoms with Gasteiger partial charge in [-0.3, -0.25) is 0 Å². The van der Waals surface area contributed by atoms with Crippen molar-refractivity contribution in [1.82, 2.24) is 0 Å². The van der Waals surface area contributed by atoms with Crippen LogP contribution >= 0.6 is 7.26 Å². The second-order valence-corrected chi connectivity index (χ2v) is 20.9. The van der Waals surface area contributed by atoms with Crippen molar-refractivity contribution in [2.45, 2.75) is 18.6 Å². The maximum Gasteiger partial charge on any atom is 0.699 e. The summed E-state index contributed by atoms with van der Waals surface area (Å²) in [4.78, 5) is 0. The summed E-state index contributed by atoms with van der Waals surface area (Å²) in [6.45, 7) is 1.92. The second-order valence-electron chi connectivity index (χ2n) is 15.1. The summed E-state index contributed by atoms with van der Waals surface area (Å²) in [5, 5.41) is 9.50. The molecule has 1 saturated heterocycles. The highest BCUT2D eigenvalue weighted by atomic mass is 31.2. The van der Waals surface area contributed by atoms with E-state index in [1.54, 1.807) is 7.11 Å². The molecule has 0 bridgehead atoms. The van der Waals surface area contributed by atoms with Crippen LogP contribution in [0.25, 0.3) is 32.7 Å². The predicted octanol–water partition coefficient (Wildman–Crippen LogP) is 9.88. The minimum atomic E-state index is -3.36. The first-order chi connectivity index (χ1) is 29.1. The van der Waals surface area contributed by atoms with Gasteiger partial charge in [0.25, 0.3) is 0 Å². The minimum absolute atomic E-state index is 0.211. The molecule has 6 nitrogen and oxygen atoms in total. The molecule has 2 heterocycles. The highest BCUT2D eigenvalue weighted by Gasteiger charge is 2.54. The van der Waals surface area contributed by atoms with Gasteiger partial charge in [0.1, 0.15) is 34.6 Å². The molecule has 2 atom stereocenters. The fourth-order valence-corrected chi connectivity index (χ4v) is 15.0. The number of methoxy groups -OCH3 is 1. The molecular formula is C51H44O6PSi+. The van der Waals surface area contributed by atoms with E-state index in [-0.39, 0.29) is 6.10 Å². The molecule has 8 aromatic rings. The van der Waals surface area contributed by atoms with Gasteiger partial charge in [0.15, 0.2) is 23.0 Å². The second kappa shape index (κ2) is 16.0. The molecule has 0 amide bonds. The SMILES string of the molecule is COc1cc2ccccc2cc1O[Si]1(CCCOCC2CO2)Oc2cc3ccc(-c4cccc([P+](c5ccccc5)(c5ccccc5)c5ccccc5)c4)cc3cc2O1. The van der Waals surface area contributed by atoms with E-state index in [0.717, 1.165) is 39.3 Å². The molecule has 0 spiro atoms. The van der Waals surface area contributed by atoms with Crippen molar-refractivity contribution in [3.63, 3.8) is 0 Å². The number of epoxide rings is 1. The third-order valence-electron chi connectivity index (χ3n) is 11.2. The van der Waals surface area contributed by atoms with E-state index in [9.17, 15) is 0 Å². The van der Waals surface area contributed by atoms with Crippen LogP contribution < -0.4 is 39.2 Å².